The van der Waals surface area contributed by atoms with Gasteiger partial charge in [-0.25, -0.2) is 4.98 Å². The highest BCUT2D eigenvalue weighted by atomic mass is 32.1. The molecule has 0 bridgehead atoms. The Kier molecular flexibility index (Phi) is 4.71. The minimum absolute atomic E-state index is 0.235. The van der Waals surface area contributed by atoms with Crippen molar-refractivity contribution in [3.8, 4) is 0 Å². The van der Waals surface area contributed by atoms with Crippen LogP contribution in [-0.4, -0.2) is 30.6 Å². The van der Waals surface area contributed by atoms with E-state index in [1.165, 1.54) is 7.11 Å². The van der Waals surface area contributed by atoms with Crippen LogP contribution in [0.2, 0.25) is 0 Å². The molecule has 84 valence electrons. The molecule has 1 heterocycles. The van der Waals surface area contributed by atoms with Gasteiger partial charge in [0.25, 0.3) is 0 Å². The molecule has 0 fully saturated rings. The van der Waals surface area contributed by atoms with Crippen molar-refractivity contribution < 1.29 is 9.53 Å². The number of hydrogen-bond acceptors (Lipinski definition) is 5. The van der Waals surface area contributed by atoms with Crippen molar-refractivity contribution in [2.24, 2.45) is 0 Å². The third-order valence-corrected chi connectivity index (χ3v) is 3.17. The van der Waals surface area contributed by atoms with Crippen molar-refractivity contribution in [1.82, 2.24) is 10.3 Å². The first kappa shape index (κ1) is 12.1. The van der Waals surface area contributed by atoms with E-state index in [9.17, 15) is 4.79 Å². The van der Waals surface area contributed by atoms with Gasteiger partial charge in [0.05, 0.1) is 12.1 Å². The van der Waals surface area contributed by atoms with E-state index in [1.54, 1.807) is 24.5 Å². The highest BCUT2D eigenvalue weighted by Crippen LogP contribution is 2.16. The van der Waals surface area contributed by atoms with E-state index in [2.05, 4.69) is 22.0 Å². The standard InChI is InChI=1S/C10H16N2O2S/c1-7(9-11-4-5-15-9)6-12-8(2)10(13)14-3/h4-5,7-8,12H,6H2,1-3H3. The first-order valence-corrected chi connectivity index (χ1v) is 5.73. The van der Waals surface area contributed by atoms with Crippen LogP contribution in [0.5, 0.6) is 0 Å². The average Bonchev–Trinajstić information content (AvgIpc) is 2.77. The van der Waals surface area contributed by atoms with E-state index < -0.39 is 0 Å². The van der Waals surface area contributed by atoms with Crippen molar-refractivity contribution in [3.63, 3.8) is 0 Å². The first-order chi connectivity index (χ1) is 7.15. The molecule has 0 aromatic carbocycles. The molecule has 0 saturated carbocycles. The number of carbonyl (C=O) groups excluding carboxylic acids is 1. The van der Waals surface area contributed by atoms with Gasteiger partial charge in [0.1, 0.15) is 6.04 Å². The zero-order valence-corrected chi connectivity index (χ0v) is 10.0. The van der Waals surface area contributed by atoms with E-state index in [0.717, 1.165) is 11.6 Å². The van der Waals surface area contributed by atoms with Gasteiger partial charge < -0.3 is 10.1 Å². The lowest BCUT2D eigenvalue weighted by molar-refractivity contribution is -0.142. The van der Waals surface area contributed by atoms with Gasteiger partial charge in [-0.05, 0) is 6.92 Å². The van der Waals surface area contributed by atoms with Gasteiger partial charge in [-0.15, -0.1) is 11.3 Å². The molecule has 0 amide bonds. The fourth-order valence-corrected chi connectivity index (χ4v) is 1.88. The Morgan fingerprint density at radius 2 is 2.40 bits per heavy atom. The molecule has 1 aromatic heterocycles. The highest BCUT2D eigenvalue weighted by Gasteiger charge is 2.14. The smallest absolute Gasteiger partial charge is 0.322 e. The van der Waals surface area contributed by atoms with Crippen LogP contribution in [0.25, 0.3) is 0 Å². The molecule has 1 N–H and O–H groups in total. The van der Waals surface area contributed by atoms with Crippen LogP contribution in [0.1, 0.15) is 24.8 Å². The molecule has 2 atom stereocenters. The third kappa shape index (κ3) is 3.60. The summed E-state index contributed by atoms with van der Waals surface area (Å²) in [5.41, 5.74) is 0. The molecule has 0 saturated heterocycles. The second-order valence-corrected chi connectivity index (χ2v) is 4.35. The lowest BCUT2D eigenvalue weighted by Crippen LogP contribution is -2.36. The SMILES string of the molecule is COC(=O)C(C)NCC(C)c1nccs1. The van der Waals surface area contributed by atoms with Crippen LogP contribution in [0, 0.1) is 0 Å². The maximum absolute atomic E-state index is 11.1. The van der Waals surface area contributed by atoms with Crippen molar-refractivity contribution in [2.45, 2.75) is 25.8 Å². The summed E-state index contributed by atoms with van der Waals surface area (Å²) < 4.78 is 4.62. The minimum atomic E-state index is -0.266. The first-order valence-electron chi connectivity index (χ1n) is 4.85. The second-order valence-electron chi connectivity index (χ2n) is 3.42. The Balaban J connectivity index is 2.34. The average molecular weight is 228 g/mol. The summed E-state index contributed by atoms with van der Waals surface area (Å²) in [5, 5.41) is 6.15. The molecule has 0 aliphatic heterocycles. The van der Waals surface area contributed by atoms with E-state index >= 15 is 0 Å². The number of thiazole rings is 1. The summed E-state index contributed by atoms with van der Waals surface area (Å²) >= 11 is 1.63. The topological polar surface area (TPSA) is 51.2 Å². The number of aromatic nitrogens is 1. The molecule has 0 spiro atoms. The van der Waals surface area contributed by atoms with Crippen molar-refractivity contribution in [1.29, 1.82) is 0 Å². The van der Waals surface area contributed by atoms with Crippen LogP contribution in [0.3, 0.4) is 0 Å². The fraction of sp³-hybridized carbons (Fsp3) is 0.600. The Bertz CT molecular complexity index is 300. The molecule has 4 nitrogen and oxygen atoms in total. The van der Waals surface area contributed by atoms with E-state index in [4.69, 9.17) is 0 Å². The molecule has 1 aromatic rings. The predicted octanol–water partition coefficient (Wildman–Crippen LogP) is 1.40. The van der Waals surface area contributed by atoms with Crippen LogP contribution >= 0.6 is 11.3 Å². The Morgan fingerprint density at radius 3 is 2.93 bits per heavy atom. The van der Waals surface area contributed by atoms with E-state index in [-0.39, 0.29) is 12.0 Å². The van der Waals surface area contributed by atoms with E-state index in [1.807, 2.05) is 5.38 Å². The summed E-state index contributed by atoms with van der Waals surface area (Å²) in [4.78, 5) is 15.3. The molecule has 0 aliphatic carbocycles. The lowest BCUT2D eigenvalue weighted by Gasteiger charge is -2.14. The van der Waals surface area contributed by atoms with Crippen LogP contribution < -0.4 is 5.32 Å². The number of hydrogen-bond donors (Lipinski definition) is 1. The maximum atomic E-state index is 11.1. The number of ether oxygens (including phenoxy) is 1. The summed E-state index contributed by atoms with van der Waals surface area (Å²) in [5.74, 6) is 0.0819. The number of rotatable bonds is 5. The van der Waals surface area contributed by atoms with Gasteiger partial charge in [0, 0.05) is 24.0 Å². The van der Waals surface area contributed by atoms with Gasteiger partial charge >= 0.3 is 5.97 Å². The van der Waals surface area contributed by atoms with Gasteiger partial charge in [0.15, 0.2) is 0 Å². The Hall–Kier alpha value is -0.940. The normalized spacial score (nSPS) is 14.6. The Morgan fingerprint density at radius 1 is 1.67 bits per heavy atom. The third-order valence-electron chi connectivity index (χ3n) is 2.16. The number of nitrogens with one attached hydrogen (secondary N) is 1. The Labute approximate surface area is 93.7 Å². The van der Waals surface area contributed by atoms with Crippen LogP contribution in [-0.2, 0) is 9.53 Å². The van der Waals surface area contributed by atoms with Gasteiger partial charge in [-0.3, -0.25) is 4.79 Å². The molecular weight excluding hydrogens is 212 g/mol. The molecule has 0 radical (unpaired) electrons. The summed E-state index contributed by atoms with van der Waals surface area (Å²) in [7, 11) is 1.39. The van der Waals surface area contributed by atoms with Gasteiger partial charge in [0.2, 0.25) is 0 Å². The van der Waals surface area contributed by atoms with E-state index in [0.29, 0.717) is 5.92 Å². The molecule has 15 heavy (non-hydrogen) atoms. The molecule has 0 aliphatic rings. The zero-order chi connectivity index (χ0) is 11.3. The van der Waals surface area contributed by atoms with Gasteiger partial charge in [-0.2, -0.15) is 0 Å². The number of esters is 1. The fourth-order valence-electron chi connectivity index (χ4n) is 1.18. The molecule has 5 heteroatoms. The largest absolute Gasteiger partial charge is 0.468 e. The maximum Gasteiger partial charge on any atom is 0.322 e. The molecule has 1 rings (SSSR count). The molecule has 2 unspecified atom stereocenters. The summed E-state index contributed by atoms with van der Waals surface area (Å²) in [6.45, 7) is 4.60. The van der Waals surface area contributed by atoms with Crippen molar-refractivity contribution in [2.75, 3.05) is 13.7 Å². The zero-order valence-electron chi connectivity index (χ0n) is 9.19. The van der Waals surface area contributed by atoms with Crippen LogP contribution in [0.4, 0.5) is 0 Å². The van der Waals surface area contributed by atoms with Crippen LogP contribution in [0.15, 0.2) is 11.6 Å². The van der Waals surface area contributed by atoms with Crippen molar-refractivity contribution in [3.05, 3.63) is 16.6 Å². The quantitative estimate of drug-likeness (QED) is 0.774. The number of nitrogens with zero attached hydrogens (tertiary/aromatic N) is 1. The summed E-state index contributed by atoms with van der Waals surface area (Å²) in [6, 6.07) is -0.266. The second kappa shape index (κ2) is 5.82. The lowest BCUT2D eigenvalue weighted by atomic mass is 10.2. The van der Waals surface area contributed by atoms with Gasteiger partial charge in [-0.1, -0.05) is 6.92 Å². The predicted molar refractivity (Wildman–Crippen MR) is 60.0 cm³/mol. The van der Waals surface area contributed by atoms with Crippen molar-refractivity contribution >= 4 is 17.3 Å². The molecular formula is C10H16N2O2S. The summed E-state index contributed by atoms with van der Waals surface area (Å²) in [6.07, 6.45) is 1.79. The minimum Gasteiger partial charge on any atom is -0.468 e. The highest BCUT2D eigenvalue weighted by molar-refractivity contribution is 7.09. The number of carbonyl (C=O) groups is 1. The monoisotopic (exact) mass is 228 g/mol. The number of methoxy groups -OCH3 is 1.